The third-order valence-electron chi connectivity index (χ3n) is 5.34. The molecular formula is C25H22Cl4N13O4+. The van der Waals surface area contributed by atoms with Gasteiger partial charge in [0.2, 0.25) is 0 Å². The van der Waals surface area contributed by atoms with Crippen molar-refractivity contribution in [2.75, 3.05) is 0 Å². The van der Waals surface area contributed by atoms with Gasteiger partial charge in [0.25, 0.3) is 0 Å². The average Bonchev–Trinajstić information content (AvgIpc) is 3.84. The molecule has 0 atom stereocenters. The molecule has 0 aliphatic heterocycles. The number of oxime groups is 3. The zero-order valence-corrected chi connectivity index (χ0v) is 26.3. The van der Waals surface area contributed by atoms with E-state index in [9.17, 15) is 4.91 Å². The monoisotopic (exact) mass is 708 g/mol. The summed E-state index contributed by atoms with van der Waals surface area (Å²) in [5, 5.41) is 36.5. The normalized spacial score (nSPS) is 11.4. The first-order valence-corrected chi connectivity index (χ1v) is 14.3. The lowest BCUT2D eigenvalue weighted by atomic mass is 10.1. The van der Waals surface area contributed by atoms with Gasteiger partial charge in [0.15, 0.2) is 0 Å². The van der Waals surface area contributed by atoms with Crippen LogP contribution in [0.15, 0.2) is 76.9 Å². The summed E-state index contributed by atoms with van der Waals surface area (Å²) in [4.78, 5) is 29.0. The summed E-state index contributed by atoms with van der Waals surface area (Å²) >= 11 is 24.3. The summed E-state index contributed by atoms with van der Waals surface area (Å²) in [6.45, 7) is 0.512. The second kappa shape index (κ2) is 18.1. The second-order valence-electron chi connectivity index (χ2n) is 8.56. The van der Waals surface area contributed by atoms with Crippen LogP contribution in [0.3, 0.4) is 0 Å². The van der Waals surface area contributed by atoms with E-state index < -0.39 is 0 Å². The van der Waals surface area contributed by atoms with Gasteiger partial charge in [-0.25, -0.2) is 9.67 Å². The Hall–Kier alpha value is -4.97. The van der Waals surface area contributed by atoms with Crippen molar-refractivity contribution in [1.29, 1.82) is 0 Å². The van der Waals surface area contributed by atoms with E-state index in [1.165, 1.54) is 31.2 Å². The maximum atomic E-state index is 10.9. The molecule has 3 heterocycles. The Labute approximate surface area is 279 Å². The van der Waals surface area contributed by atoms with Crippen LogP contribution in [-0.4, -0.2) is 68.8 Å². The van der Waals surface area contributed by atoms with Gasteiger partial charge in [-0.1, -0.05) is 67.5 Å². The predicted molar refractivity (Wildman–Crippen MR) is 167 cm³/mol. The lowest BCUT2D eigenvalue weighted by Gasteiger charge is -2.10. The molecule has 0 aliphatic rings. The molecule has 46 heavy (non-hydrogen) atoms. The van der Waals surface area contributed by atoms with Gasteiger partial charge < -0.3 is 4.84 Å². The zero-order valence-electron chi connectivity index (χ0n) is 23.3. The largest absolute Gasteiger partial charge is 0.391 e. The number of halogens is 4. The van der Waals surface area contributed by atoms with E-state index in [1.54, 1.807) is 47.4 Å². The Morgan fingerprint density at radius 3 is 2.07 bits per heavy atom. The molecule has 0 radical (unpaired) electrons. The summed E-state index contributed by atoms with van der Waals surface area (Å²) < 4.78 is 1.61. The first-order valence-electron chi connectivity index (χ1n) is 12.8. The molecule has 21 heteroatoms. The zero-order chi connectivity index (χ0) is 32.6. The third-order valence-corrected chi connectivity index (χ3v) is 6.47. The molecular weight excluding hydrogens is 688 g/mol. The summed E-state index contributed by atoms with van der Waals surface area (Å²) in [6, 6.07) is 10.3. The topological polar surface area (TPSA) is 199 Å². The standard InChI is InChI=1S/C17H12Cl4N4O.C8H10N9O3/c18-12-2-1-11(15(20)5-12)8-26-24-17(7-25-10-22-9-23-25)14-4-3-13(19)6-16(14)21;18-17(19-11-3-1-7-5-9-15-13-7)20-12-4-2-8-6-10-16-14-8/h1-6,9-10H,7-8H2;3-6H,1-2H2,(H,9,13,15)(H,10,14,16)/q;+1. The molecule has 2 N–H and O–H groups in total. The molecule has 3 aromatic heterocycles. The molecule has 0 fully saturated rings. The molecule has 2 aromatic carbocycles. The molecule has 0 aliphatic carbocycles. The lowest BCUT2D eigenvalue weighted by molar-refractivity contribution is -0.984. The molecule has 238 valence electrons. The Morgan fingerprint density at radius 2 is 1.52 bits per heavy atom. The van der Waals surface area contributed by atoms with E-state index in [4.69, 9.17) is 51.2 Å². The molecule has 0 unspecified atom stereocenters. The van der Waals surface area contributed by atoms with Crippen molar-refractivity contribution >= 4 is 64.5 Å². The highest BCUT2D eigenvalue weighted by Gasteiger charge is 2.12. The van der Waals surface area contributed by atoms with E-state index in [-0.39, 0.29) is 11.7 Å². The highest BCUT2D eigenvalue weighted by atomic mass is 35.5. The highest BCUT2D eigenvalue weighted by molar-refractivity contribution is 6.37. The van der Waals surface area contributed by atoms with Crippen molar-refractivity contribution < 1.29 is 19.8 Å². The second-order valence-corrected chi connectivity index (χ2v) is 10.2. The van der Waals surface area contributed by atoms with Crippen LogP contribution < -0.4 is 0 Å². The number of H-pyrrole nitrogens is 2. The fraction of sp³-hybridized carbons (Fsp3) is 0.160. The van der Waals surface area contributed by atoms with Crippen LogP contribution in [0.1, 0.15) is 22.5 Å². The summed E-state index contributed by atoms with van der Waals surface area (Å²) in [6.07, 6.45) is 9.43. The van der Waals surface area contributed by atoms with Crippen LogP contribution in [0.5, 0.6) is 0 Å². The SMILES string of the molecule is Clc1ccc(CON=C(Cn2cncn2)c2ccc(Cl)cc2Cl)c(Cl)c1.O=[N+](ON=CCc1cn[nH]n1)ON=CCc1cn[nH]n1. The van der Waals surface area contributed by atoms with Crippen molar-refractivity contribution in [3.63, 3.8) is 0 Å². The minimum atomic E-state index is -0.251. The molecule has 5 aromatic rings. The van der Waals surface area contributed by atoms with Crippen LogP contribution in [0.4, 0.5) is 0 Å². The molecule has 0 bridgehead atoms. The van der Waals surface area contributed by atoms with Gasteiger partial charge in [-0.05, 0) is 35.2 Å². The van der Waals surface area contributed by atoms with Gasteiger partial charge in [-0.3, -0.25) is 0 Å². The van der Waals surface area contributed by atoms with Gasteiger partial charge in [0.1, 0.15) is 37.4 Å². The summed E-state index contributed by atoms with van der Waals surface area (Å²) in [5.41, 5.74) is 3.33. The quantitative estimate of drug-likeness (QED) is 0.119. The Kier molecular flexibility index (Phi) is 13.4. The number of nitrogens with one attached hydrogen (secondary N) is 2. The van der Waals surface area contributed by atoms with Crippen LogP contribution in [0.2, 0.25) is 20.1 Å². The summed E-state index contributed by atoms with van der Waals surface area (Å²) in [5.74, 6) is 0. The van der Waals surface area contributed by atoms with Crippen molar-refractivity contribution in [3.8, 4) is 0 Å². The number of nitrogens with zero attached hydrogens (tertiary/aromatic N) is 11. The van der Waals surface area contributed by atoms with Crippen molar-refractivity contribution in [3.05, 3.63) is 109 Å². The van der Waals surface area contributed by atoms with Crippen LogP contribution in [0.25, 0.3) is 0 Å². The first kappa shape index (κ1) is 33.9. The van der Waals surface area contributed by atoms with E-state index in [1.807, 2.05) is 0 Å². The third kappa shape index (κ3) is 11.5. The van der Waals surface area contributed by atoms with Crippen molar-refractivity contribution in [2.24, 2.45) is 15.5 Å². The predicted octanol–water partition coefficient (Wildman–Crippen LogP) is 4.83. The Balaban J connectivity index is 0.000000216. The fourth-order valence-electron chi connectivity index (χ4n) is 3.24. The lowest BCUT2D eigenvalue weighted by Crippen LogP contribution is -2.13. The van der Waals surface area contributed by atoms with Crippen molar-refractivity contribution in [2.45, 2.75) is 26.0 Å². The van der Waals surface area contributed by atoms with Crippen molar-refractivity contribution in [1.82, 2.24) is 45.6 Å². The Bertz CT molecular complexity index is 1700. The number of rotatable bonds is 14. The highest BCUT2D eigenvalue weighted by Crippen LogP contribution is 2.24. The van der Waals surface area contributed by atoms with Gasteiger partial charge in [0.05, 0.1) is 45.7 Å². The summed E-state index contributed by atoms with van der Waals surface area (Å²) in [7, 11) is 0. The molecule has 5 rings (SSSR count). The number of aromatic nitrogens is 9. The number of hydrogen-bond acceptors (Lipinski definition) is 13. The minimum absolute atomic E-state index is 0.183. The Morgan fingerprint density at radius 1 is 0.891 bits per heavy atom. The van der Waals surface area contributed by atoms with E-state index >= 15 is 0 Å². The minimum Gasteiger partial charge on any atom is -0.391 e. The number of hydrogen-bond donors (Lipinski definition) is 2. The van der Waals surface area contributed by atoms with E-state index in [0.717, 1.165) is 5.56 Å². The van der Waals surface area contributed by atoms with E-state index in [2.05, 4.69) is 66.2 Å². The van der Waals surface area contributed by atoms with Gasteiger partial charge >= 0.3 is 5.09 Å². The maximum Gasteiger partial charge on any atom is 0.348 e. The molecule has 0 saturated carbocycles. The molecule has 0 amide bonds. The molecule has 0 saturated heterocycles. The molecule has 17 nitrogen and oxygen atoms in total. The van der Waals surface area contributed by atoms with E-state index in [0.29, 0.717) is 62.1 Å². The number of benzene rings is 2. The van der Waals surface area contributed by atoms with Gasteiger partial charge in [-0.15, -0.1) is 0 Å². The molecule has 0 spiro atoms. The average molecular weight is 710 g/mol. The van der Waals surface area contributed by atoms with Crippen LogP contribution in [0, 0.1) is 4.91 Å². The smallest absolute Gasteiger partial charge is 0.348 e. The van der Waals surface area contributed by atoms with Gasteiger partial charge in [-0.2, -0.15) is 35.9 Å². The first-order chi connectivity index (χ1) is 22.4. The fourth-order valence-corrected chi connectivity index (χ4v) is 4.22. The number of aromatic amines is 2. The van der Waals surface area contributed by atoms with Crippen LogP contribution >= 0.6 is 46.4 Å². The maximum absolute atomic E-state index is 10.9. The van der Waals surface area contributed by atoms with Crippen LogP contribution in [-0.2, 0) is 40.7 Å². The van der Waals surface area contributed by atoms with Gasteiger partial charge in [0, 0.05) is 39.0 Å².